The van der Waals surface area contributed by atoms with E-state index in [1.807, 2.05) is 0 Å². The van der Waals surface area contributed by atoms with Gasteiger partial charge in [-0.1, -0.05) is 6.07 Å². The van der Waals surface area contributed by atoms with Crippen molar-refractivity contribution in [2.24, 2.45) is 0 Å². The predicted molar refractivity (Wildman–Crippen MR) is 57.4 cm³/mol. The number of carbonyl (C=O) groups is 1. The number of aliphatic hydroxyl groups is 1. The number of hydrogen-bond acceptors (Lipinski definition) is 3. The van der Waals surface area contributed by atoms with Crippen molar-refractivity contribution >= 4 is 11.6 Å². The molecule has 0 bridgehead atoms. The van der Waals surface area contributed by atoms with Gasteiger partial charge in [-0.2, -0.15) is 0 Å². The zero-order chi connectivity index (χ0) is 12.4. The maximum Gasteiger partial charge on any atom is 0.241 e. The Bertz CT molecular complexity index is 439. The van der Waals surface area contributed by atoms with Crippen molar-refractivity contribution in [2.45, 2.75) is 18.6 Å². The molecule has 1 aliphatic heterocycles. The number of halogens is 2. The summed E-state index contributed by atoms with van der Waals surface area (Å²) in [7, 11) is 0. The molecule has 0 spiro atoms. The number of aliphatic hydroxyl groups excluding tert-OH is 1. The van der Waals surface area contributed by atoms with Crippen LogP contribution in [0.15, 0.2) is 18.2 Å². The van der Waals surface area contributed by atoms with Crippen LogP contribution < -0.4 is 10.6 Å². The number of carbonyl (C=O) groups excluding carboxylic acids is 1. The monoisotopic (exact) mass is 242 g/mol. The summed E-state index contributed by atoms with van der Waals surface area (Å²) in [4.78, 5) is 11.6. The van der Waals surface area contributed by atoms with E-state index in [0.29, 0.717) is 6.54 Å². The third-order valence-corrected chi connectivity index (χ3v) is 2.63. The van der Waals surface area contributed by atoms with E-state index in [9.17, 15) is 18.7 Å². The van der Waals surface area contributed by atoms with Crippen LogP contribution in [0.25, 0.3) is 0 Å². The topological polar surface area (TPSA) is 61.4 Å². The molecule has 92 valence electrons. The van der Waals surface area contributed by atoms with Crippen LogP contribution in [-0.2, 0) is 4.79 Å². The highest BCUT2D eigenvalue weighted by Crippen LogP contribution is 2.17. The van der Waals surface area contributed by atoms with Gasteiger partial charge in [0.15, 0.2) is 11.6 Å². The Morgan fingerprint density at radius 2 is 2.24 bits per heavy atom. The lowest BCUT2D eigenvalue weighted by atomic mass is 10.2. The minimum atomic E-state index is -1.08. The smallest absolute Gasteiger partial charge is 0.241 e. The van der Waals surface area contributed by atoms with E-state index < -0.39 is 29.7 Å². The van der Waals surface area contributed by atoms with Gasteiger partial charge in [0.2, 0.25) is 5.91 Å². The van der Waals surface area contributed by atoms with Crippen LogP contribution in [0.2, 0.25) is 0 Å². The van der Waals surface area contributed by atoms with Gasteiger partial charge in [-0.3, -0.25) is 4.79 Å². The second kappa shape index (κ2) is 4.77. The molecule has 0 aliphatic carbocycles. The first kappa shape index (κ1) is 11.9. The molecule has 1 amide bonds. The number of anilines is 1. The van der Waals surface area contributed by atoms with Crippen molar-refractivity contribution < 1.29 is 18.7 Å². The molecule has 0 radical (unpaired) electrons. The first-order valence-electron chi connectivity index (χ1n) is 5.24. The van der Waals surface area contributed by atoms with E-state index in [-0.39, 0.29) is 12.1 Å². The van der Waals surface area contributed by atoms with Gasteiger partial charge in [0, 0.05) is 6.54 Å². The number of nitrogens with one attached hydrogen (secondary N) is 2. The Morgan fingerprint density at radius 1 is 1.47 bits per heavy atom. The largest absolute Gasteiger partial charge is 0.392 e. The van der Waals surface area contributed by atoms with Crippen molar-refractivity contribution in [3.8, 4) is 0 Å². The second-order valence-corrected chi connectivity index (χ2v) is 3.94. The van der Waals surface area contributed by atoms with E-state index in [1.54, 1.807) is 0 Å². The van der Waals surface area contributed by atoms with Crippen LogP contribution >= 0.6 is 0 Å². The Hall–Kier alpha value is -1.53. The molecular weight excluding hydrogens is 230 g/mol. The average molecular weight is 242 g/mol. The number of rotatable bonds is 2. The van der Waals surface area contributed by atoms with E-state index >= 15 is 0 Å². The van der Waals surface area contributed by atoms with E-state index in [4.69, 9.17) is 0 Å². The van der Waals surface area contributed by atoms with Crippen LogP contribution in [0, 0.1) is 11.6 Å². The minimum absolute atomic E-state index is 0.196. The number of benzene rings is 1. The van der Waals surface area contributed by atoms with Gasteiger partial charge in [0.05, 0.1) is 17.8 Å². The Balaban J connectivity index is 2.06. The molecule has 17 heavy (non-hydrogen) atoms. The van der Waals surface area contributed by atoms with E-state index in [1.165, 1.54) is 12.1 Å². The Labute approximate surface area is 96.6 Å². The Kier molecular flexibility index (Phi) is 3.35. The van der Waals surface area contributed by atoms with Crippen molar-refractivity contribution in [3.63, 3.8) is 0 Å². The Morgan fingerprint density at radius 3 is 2.88 bits per heavy atom. The van der Waals surface area contributed by atoms with Gasteiger partial charge in [-0.05, 0) is 18.6 Å². The van der Waals surface area contributed by atoms with Crippen LogP contribution in [0.1, 0.15) is 6.42 Å². The molecule has 4 nitrogen and oxygen atoms in total. The summed E-state index contributed by atoms with van der Waals surface area (Å²) in [6.07, 6.45) is -0.314. The SMILES string of the molecule is O=C(Nc1cccc(F)c1F)C1CC(O)CN1. The van der Waals surface area contributed by atoms with Gasteiger partial charge in [-0.15, -0.1) is 0 Å². The zero-order valence-electron chi connectivity index (χ0n) is 8.91. The quantitative estimate of drug-likeness (QED) is 0.712. The fourth-order valence-corrected chi connectivity index (χ4v) is 1.74. The predicted octanol–water partition coefficient (Wildman–Crippen LogP) is 0.626. The third kappa shape index (κ3) is 2.59. The third-order valence-electron chi connectivity index (χ3n) is 2.63. The highest BCUT2D eigenvalue weighted by molar-refractivity contribution is 5.95. The number of hydrogen-bond donors (Lipinski definition) is 3. The summed E-state index contributed by atoms with van der Waals surface area (Å²) in [5.41, 5.74) is -0.196. The van der Waals surface area contributed by atoms with Crippen molar-refractivity contribution in [3.05, 3.63) is 29.8 Å². The minimum Gasteiger partial charge on any atom is -0.392 e. The second-order valence-electron chi connectivity index (χ2n) is 3.94. The van der Waals surface area contributed by atoms with Gasteiger partial charge < -0.3 is 15.7 Å². The molecule has 1 heterocycles. The first-order chi connectivity index (χ1) is 8.08. The maximum absolute atomic E-state index is 13.3. The van der Waals surface area contributed by atoms with Crippen LogP contribution in [0.5, 0.6) is 0 Å². The molecule has 1 fully saturated rings. The van der Waals surface area contributed by atoms with Crippen LogP contribution in [-0.4, -0.2) is 29.7 Å². The molecule has 0 aromatic heterocycles. The molecule has 1 aromatic rings. The lowest BCUT2D eigenvalue weighted by Gasteiger charge is -2.11. The van der Waals surface area contributed by atoms with Crippen LogP contribution in [0.3, 0.4) is 0 Å². The number of β-amino-alcohol motifs (C(OH)–C–C–N with tert-alkyl or cyclic N) is 1. The average Bonchev–Trinajstić information content (AvgIpc) is 2.72. The van der Waals surface area contributed by atoms with Gasteiger partial charge in [0.1, 0.15) is 0 Å². The summed E-state index contributed by atoms with van der Waals surface area (Å²) in [5, 5.41) is 14.3. The fraction of sp³-hybridized carbons (Fsp3) is 0.364. The van der Waals surface area contributed by atoms with Crippen molar-refractivity contribution in [1.29, 1.82) is 0 Å². The molecule has 2 rings (SSSR count). The summed E-state index contributed by atoms with van der Waals surface area (Å²) in [5.74, 6) is -2.58. The molecule has 2 atom stereocenters. The van der Waals surface area contributed by atoms with E-state index in [0.717, 1.165) is 6.07 Å². The molecule has 3 N–H and O–H groups in total. The highest BCUT2D eigenvalue weighted by Gasteiger charge is 2.28. The van der Waals surface area contributed by atoms with Gasteiger partial charge in [0.25, 0.3) is 0 Å². The highest BCUT2D eigenvalue weighted by atomic mass is 19.2. The van der Waals surface area contributed by atoms with Crippen molar-refractivity contribution in [1.82, 2.24) is 5.32 Å². The molecular formula is C11H12F2N2O2. The normalized spacial score (nSPS) is 23.7. The number of amides is 1. The molecule has 0 saturated carbocycles. The standard InChI is InChI=1S/C11H12F2N2O2/c12-7-2-1-3-8(10(7)13)15-11(17)9-4-6(16)5-14-9/h1-3,6,9,14,16H,4-5H2,(H,15,17). The maximum atomic E-state index is 13.3. The summed E-state index contributed by atoms with van der Waals surface area (Å²) < 4.78 is 26.2. The van der Waals surface area contributed by atoms with E-state index in [2.05, 4.69) is 10.6 Å². The summed E-state index contributed by atoms with van der Waals surface area (Å²) in [6, 6.07) is 2.99. The van der Waals surface area contributed by atoms with Crippen LogP contribution in [0.4, 0.5) is 14.5 Å². The van der Waals surface area contributed by atoms with Gasteiger partial charge >= 0.3 is 0 Å². The summed E-state index contributed by atoms with van der Waals surface area (Å²) in [6.45, 7) is 0.323. The lowest BCUT2D eigenvalue weighted by molar-refractivity contribution is -0.118. The molecule has 1 saturated heterocycles. The first-order valence-corrected chi connectivity index (χ1v) is 5.24. The fourth-order valence-electron chi connectivity index (χ4n) is 1.74. The molecule has 1 aromatic carbocycles. The molecule has 2 unspecified atom stereocenters. The lowest BCUT2D eigenvalue weighted by Crippen LogP contribution is -2.35. The zero-order valence-corrected chi connectivity index (χ0v) is 8.91. The van der Waals surface area contributed by atoms with Crippen molar-refractivity contribution in [2.75, 3.05) is 11.9 Å². The molecule has 1 aliphatic rings. The summed E-state index contributed by atoms with van der Waals surface area (Å²) >= 11 is 0. The van der Waals surface area contributed by atoms with Gasteiger partial charge in [-0.25, -0.2) is 8.78 Å². The molecule has 6 heteroatoms.